The number of benzene rings is 2. The van der Waals surface area contributed by atoms with Crippen molar-refractivity contribution in [1.29, 1.82) is 0 Å². The summed E-state index contributed by atoms with van der Waals surface area (Å²) in [4.78, 5) is 0. The predicted octanol–water partition coefficient (Wildman–Crippen LogP) is 6.43. The number of allylic oxidation sites excluding steroid dienone is 6. The van der Waals surface area contributed by atoms with Crippen molar-refractivity contribution in [1.82, 2.24) is 0 Å². The van der Waals surface area contributed by atoms with Crippen molar-refractivity contribution in [3.8, 4) is 0 Å². The van der Waals surface area contributed by atoms with E-state index in [-0.39, 0.29) is 53.1 Å². The van der Waals surface area contributed by atoms with E-state index in [9.17, 15) is 0 Å². The van der Waals surface area contributed by atoms with E-state index in [2.05, 4.69) is 60.7 Å². The summed E-state index contributed by atoms with van der Waals surface area (Å²) in [6.45, 7) is 5.56. The second kappa shape index (κ2) is 10.8. The standard InChI is InChI=1S/C17H11.C4H10N.2CH3.Si.Ti/c1-2-6-15-12(4-1)8-10-14-11-9-13-5-3-7-16(13)17(14)15;1-4(2,3)5;;;;/h1-2,4-10H,11H2;5H,1-3H3;2*1H3;;/q4*-1;;+4. The predicted molar refractivity (Wildman–Crippen MR) is 114 cm³/mol. The molecule has 0 atom stereocenters. The van der Waals surface area contributed by atoms with E-state index < -0.39 is 0 Å². The minimum absolute atomic E-state index is 0. The average Bonchev–Trinajstić information content (AvgIpc) is 2.93. The van der Waals surface area contributed by atoms with Gasteiger partial charge < -0.3 is 20.6 Å². The Bertz CT molecular complexity index is 805. The molecule has 26 heavy (non-hydrogen) atoms. The van der Waals surface area contributed by atoms with Crippen molar-refractivity contribution >= 4 is 27.3 Å². The third-order valence-corrected chi connectivity index (χ3v) is 3.60. The van der Waals surface area contributed by atoms with Crippen molar-refractivity contribution < 1.29 is 21.7 Å². The molecule has 2 aliphatic rings. The fourth-order valence-electron chi connectivity index (χ4n) is 2.79. The summed E-state index contributed by atoms with van der Waals surface area (Å²) in [6, 6.07) is 13.1. The van der Waals surface area contributed by atoms with E-state index in [1.165, 1.54) is 33.0 Å². The summed E-state index contributed by atoms with van der Waals surface area (Å²) in [5, 5.41) is 2.68. The first-order chi connectivity index (χ1) is 10.4. The van der Waals surface area contributed by atoms with Crippen LogP contribution in [0.3, 0.4) is 0 Å². The van der Waals surface area contributed by atoms with Crippen LogP contribution in [0.5, 0.6) is 0 Å². The number of nitrogens with one attached hydrogen (secondary N) is 1. The van der Waals surface area contributed by atoms with Crippen molar-refractivity contribution in [3.05, 3.63) is 98.0 Å². The molecule has 0 aromatic heterocycles. The molecule has 2 aromatic rings. The Morgan fingerprint density at radius 1 is 1.00 bits per heavy atom. The van der Waals surface area contributed by atoms with Crippen LogP contribution in [0.4, 0.5) is 0 Å². The summed E-state index contributed by atoms with van der Waals surface area (Å²) in [5.74, 6) is 0. The molecule has 0 spiro atoms. The van der Waals surface area contributed by atoms with Gasteiger partial charge in [-0.3, -0.25) is 0 Å². The van der Waals surface area contributed by atoms with Gasteiger partial charge in [0.25, 0.3) is 0 Å². The molecule has 0 fully saturated rings. The van der Waals surface area contributed by atoms with Gasteiger partial charge in [-0.15, -0.1) is 11.6 Å². The third-order valence-electron chi connectivity index (χ3n) is 3.60. The summed E-state index contributed by atoms with van der Waals surface area (Å²) in [6.07, 6.45) is 10.7. The Hall–Kier alpha value is -1.19. The van der Waals surface area contributed by atoms with Crippen LogP contribution in [0, 0.1) is 20.9 Å². The topological polar surface area (TPSA) is 23.8 Å². The molecule has 4 rings (SSSR count). The maximum atomic E-state index is 6.94. The SMILES string of the molecule is CC(C)(C)[NH-].[C-]1=CC2=CCc3ccc4ccccc4c3C2=C1.[CH3-].[CH3-].[Si].[Ti+4]. The summed E-state index contributed by atoms with van der Waals surface area (Å²) in [7, 11) is 0. The van der Waals surface area contributed by atoms with Crippen molar-refractivity contribution in [2.45, 2.75) is 32.7 Å². The molecule has 2 aliphatic carbocycles. The Labute approximate surface area is 179 Å². The number of rotatable bonds is 0. The monoisotopic (exact) mass is 393 g/mol. The molecule has 132 valence electrons. The van der Waals surface area contributed by atoms with E-state index in [0.29, 0.717) is 0 Å². The van der Waals surface area contributed by atoms with Gasteiger partial charge in [0, 0.05) is 11.0 Å². The third kappa shape index (κ3) is 6.21. The summed E-state index contributed by atoms with van der Waals surface area (Å²) >= 11 is 0. The second-order valence-corrected chi connectivity index (χ2v) is 6.80. The molecule has 1 nitrogen and oxygen atoms in total. The van der Waals surface area contributed by atoms with Crippen LogP contribution in [0.25, 0.3) is 22.1 Å². The first kappa shape index (κ1) is 27.0. The molecule has 2 aromatic carbocycles. The Kier molecular flexibility index (Phi) is 11.3. The van der Waals surface area contributed by atoms with Gasteiger partial charge >= 0.3 is 21.7 Å². The van der Waals surface area contributed by atoms with Gasteiger partial charge in [-0.2, -0.15) is 29.4 Å². The Balaban J connectivity index is 0. The summed E-state index contributed by atoms with van der Waals surface area (Å²) in [5.41, 5.74) is 12.2. The fourth-order valence-corrected chi connectivity index (χ4v) is 2.79. The van der Waals surface area contributed by atoms with E-state index in [1.807, 2.05) is 20.8 Å². The molecule has 0 aliphatic heterocycles. The van der Waals surface area contributed by atoms with Crippen molar-refractivity contribution in [2.24, 2.45) is 0 Å². The Morgan fingerprint density at radius 3 is 2.27 bits per heavy atom. The van der Waals surface area contributed by atoms with E-state index >= 15 is 0 Å². The van der Waals surface area contributed by atoms with E-state index in [0.717, 1.165) is 6.42 Å². The fraction of sp³-hybridized carbons (Fsp3) is 0.217. The Morgan fingerprint density at radius 2 is 1.62 bits per heavy atom. The molecule has 3 heteroatoms. The van der Waals surface area contributed by atoms with Crippen molar-refractivity contribution in [2.75, 3.05) is 0 Å². The van der Waals surface area contributed by atoms with Crippen LogP contribution in [-0.4, -0.2) is 16.5 Å². The maximum Gasteiger partial charge on any atom is 4.00 e. The molecular formula is C23H27NSiTi. The van der Waals surface area contributed by atoms with Gasteiger partial charge in [0.2, 0.25) is 0 Å². The average molecular weight is 393 g/mol. The number of hydrogen-bond acceptors (Lipinski definition) is 0. The van der Waals surface area contributed by atoms with Gasteiger partial charge in [0.15, 0.2) is 0 Å². The maximum absolute atomic E-state index is 6.94. The molecule has 1 N–H and O–H groups in total. The van der Waals surface area contributed by atoms with Gasteiger partial charge in [0.05, 0.1) is 0 Å². The molecule has 0 saturated heterocycles. The smallest absolute Gasteiger partial charge is 0.673 e. The molecule has 0 amide bonds. The van der Waals surface area contributed by atoms with E-state index in [1.54, 1.807) is 0 Å². The first-order valence-corrected chi connectivity index (χ1v) is 7.69. The van der Waals surface area contributed by atoms with Gasteiger partial charge in [0.1, 0.15) is 0 Å². The normalized spacial score (nSPS) is 13.1. The van der Waals surface area contributed by atoms with Gasteiger partial charge in [-0.05, 0) is 22.8 Å². The van der Waals surface area contributed by atoms with Crippen LogP contribution in [0.1, 0.15) is 31.9 Å². The van der Waals surface area contributed by atoms with Crippen molar-refractivity contribution in [3.63, 3.8) is 0 Å². The van der Waals surface area contributed by atoms with Crippen LogP contribution >= 0.6 is 0 Å². The summed E-state index contributed by atoms with van der Waals surface area (Å²) < 4.78 is 0. The zero-order valence-corrected chi connectivity index (χ0v) is 19.0. The minimum Gasteiger partial charge on any atom is -0.673 e. The minimum atomic E-state index is -0.250. The van der Waals surface area contributed by atoms with Crippen LogP contribution in [0.2, 0.25) is 0 Å². The quantitative estimate of drug-likeness (QED) is 0.364. The number of hydrogen-bond donors (Lipinski definition) is 0. The molecular weight excluding hydrogens is 366 g/mol. The van der Waals surface area contributed by atoms with Crippen LogP contribution < -0.4 is 0 Å². The van der Waals surface area contributed by atoms with Crippen LogP contribution in [-0.2, 0) is 28.1 Å². The molecule has 0 heterocycles. The number of fused-ring (bicyclic) bond motifs is 5. The molecule has 0 unspecified atom stereocenters. The van der Waals surface area contributed by atoms with E-state index in [4.69, 9.17) is 5.73 Å². The molecule has 4 radical (unpaired) electrons. The first-order valence-electron chi connectivity index (χ1n) is 7.69. The largest absolute Gasteiger partial charge is 4.00 e. The molecule has 0 saturated carbocycles. The van der Waals surface area contributed by atoms with Crippen LogP contribution in [0.15, 0.2) is 60.2 Å². The zero-order valence-electron chi connectivity index (χ0n) is 16.4. The zero-order chi connectivity index (χ0) is 15.7. The van der Waals surface area contributed by atoms with Gasteiger partial charge in [-0.25, -0.2) is 0 Å². The van der Waals surface area contributed by atoms with Gasteiger partial charge in [-0.1, -0.05) is 62.7 Å². The molecule has 0 bridgehead atoms. The second-order valence-electron chi connectivity index (χ2n) is 6.80.